The number of ketones is 1. The lowest BCUT2D eigenvalue weighted by Gasteiger charge is -2.10. The number of hydrogen-bond acceptors (Lipinski definition) is 2. The summed E-state index contributed by atoms with van der Waals surface area (Å²) in [7, 11) is 0. The summed E-state index contributed by atoms with van der Waals surface area (Å²) < 4.78 is 0. The maximum absolute atomic E-state index is 12.9. The van der Waals surface area contributed by atoms with Crippen molar-refractivity contribution in [1.29, 1.82) is 0 Å². The summed E-state index contributed by atoms with van der Waals surface area (Å²) in [6.45, 7) is 0. The molecule has 0 radical (unpaired) electrons. The summed E-state index contributed by atoms with van der Waals surface area (Å²) in [5, 5.41) is 4.91. The minimum Gasteiger partial charge on any atom is -0.287 e. The molecule has 24 heavy (non-hydrogen) atoms. The Kier molecular flexibility index (Phi) is 3.72. The summed E-state index contributed by atoms with van der Waals surface area (Å²) in [5.74, 6) is -0.111. The normalized spacial score (nSPS) is 11.1. The van der Waals surface area contributed by atoms with Gasteiger partial charge in [-0.25, -0.2) is 0 Å². The summed E-state index contributed by atoms with van der Waals surface area (Å²) in [4.78, 5) is 17.1. The van der Waals surface area contributed by atoms with Crippen molar-refractivity contribution in [3.8, 4) is 0 Å². The van der Waals surface area contributed by atoms with E-state index in [1.807, 2.05) is 36.4 Å². The summed E-state index contributed by atoms with van der Waals surface area (Å²) in [6.07, 6.45) is 1.62. The van der Waals surface area contributed by atoms with E-state index in [1.54, 1.807) is 30.5 Å². The van der Waals surface area contributed by atoms with Crippen LogP contribution in [0.4, 0.5) is 0 Å². The number of carbonyl (C=O) groups excluding carboxylic acids is 1. The number of benzene rings is 3. The zero-order valence-electron chi connectivity index (χ0n) is 12.5. The number of carbonyl (C=O) groups is 1. The van der Waals surface area contributed by atoms with E-state index in [4.69, 9.17) is 23.2 Å². The van der Waals surface area contributed by atoms with Crippen LogP contribution in [-0.4, -0.2) is 10.8 Å². The molecular weight excluding hydrogens is 341 g/mol. The van der Waals surface area contributed by atoms with E-state index in [-0.39, 0.29) is 5.78 Å². The molecule has 0 saturated carbocycles. The number of nitrogens with zero attached hydrogens (tertiary/aromatic N) is 1. The van der Waals surface area contributed by atoms with Crippen molar-refractivity contribution in [2.24, 2.45) is 0 Å². The molecule has 2 nitrogen and oxygen atoms in total. The van der Waals surface area contributed by atoms with Crippen molar-refractivity contribution < 1.29 is 4.79 Å². The zero-order valence-corrected chi connectivity index (χ0v) is 14.0. The van der Waals surface area contributed by atoms with Crippen LogP contribution in [0.5, 0.6) is 0 Å². The first-order chi connectivity index (χ1) is 11.6. The molecule has 1 aromatic heterocycles. The average molecular weight is 352 g/mol. The second-order valence-electron chi connectivity index (χ2n) is 5.52. The van der Waals surface area contributed by atoms with Gasteiger partial charge in [0, 0.05) is 21.8 Å². The molecule has 4 aromatic rings. The second-order valence-corrected chi connectivity index (χ2v) is 6.40. The van der Waals surface area contributed by atoms with Gasteiger partial charge in [0.15, 0.2) is 0 Å². The summed E-state index contributed by atoms with van der Waals surface area (Å²) in [5.41, 5.74) is 1.03. The maximum Gasteiger partial charge on any atom is 0.211 e. The van der Waals surface area contributed by atoms with E-state index in [1.165, 1.54) is 0 Å². The lowest BCUT2D eigenvalue weighted by atomic mass is 9.94. The van der Waals surface area contributed by atoms with E-state index >= 15 is 0 Å². The van der Waals surface area contributed by atoms with Crippen molar-refractivity contribution in [2.75, 3.05) is 0 Å². The minimum atomic E-state index is -0.111. The van der Waals surface area contributed by atoms with Crippen LogP contribution in [0.25, 0.3) is 21.5 Å². The van der Waals surface area contributed by atoms with Crippen LogP contribution in [-0.2, 0) is 0 Å². The van der Waals surface area contributed by atoms with Gasteiger partial charge in [-0.3, -0.25) is 9.78 Å². The van der Waals surface area contributed by atoms with Gasteiger partial charge in [-0.1, -0.05) is 41.4 Å². The van der Waals surface area contributed by atoms with Gasteiger partial charge in [-0.2, -0.15) is 0 Å². The fourth-order valence-corrected chi connectivity index (χ4v) is 3.26. The van der Waals surface area contributed by atoms with Gasteiger partial charge < -0.3 is 0 Å². The highest BCUT2D eigenvalue weighted by molar-refractivity contribution is 6.34. The number of hydrogen-bond donors (Lipinski definition) is 0. The number of fused-ring (bicyclic) bond motifs is 3. The third-order valence-corrected chi connectivity index (χ3v) is 4.49. The van der Waals surface area contributed by atoms with Gasteiger partial charge in [0.1, 0.15) is 5.69 Å². The van der Waals surface area contributed by atoms with Gasteiger partial charge in [-0.05, 0) is 64.0 Å². The van der Waals surface area contributed by atoms with Crippen LogP contribution >= 0.6 is 23.2 Å². The molecule has 116 valence electrons. The van der Waals surface area contributed by atoms with Crippen LogP contribution in [0, 0.1) is 0 Å². The molecule has 0 spiro atoms. The predicted octanol–water partition coefficient (Wildman–Crippen LogP) is 5.93. The fourth-order valence-electron chi connectivity index (χ4n) is 2.92. The third kappa shape index (κ3) is 2.54. The summed E-state index contributed by atoms with van der Waals surface area (Å²) >= 11 is 12.3. The Bertz CT molecular complexity index is 1090. The Balaban J connectivity index is 2.08. The SMILES string of the molecule is O=C(c1ccccn1)c1cc2ccc(Cl)cc2c2cc(Cl)ccc12. The molecule has 4 rings (SSSR count). The zero-order chi connectivity index (χ0) is 16.7. The topological polar surface area (TPSA) is 30.0 Å². The molecule has 0 atom stereocenters. The lowest BCUT2D eigenvalue weighted by molar-refractivity contribution is 0.103. The third-order valence-electron chi connectivity index (χ3n) is 4.02. The van der Waals surface area contributed by atoms with Crippen LogP contribution in [0.15, 0.2) is 66.9 Å². The number of rotatable bonds is 2. The Morgan fingerprint density at radius 3 is 2.29 bits per heavy atom. The summed E-state index contributed by atoms with van der Waals surface area (Å²) in [6, 6.07) is 18.3. The van der Waals surface area contributed by atoms with E-state index in [2.05, 4.69) is 4.98 Å². The molecule has 4 heteroatoms. The molecule has 0 unspecified atom stereocenters. The first kappa shape index (κ1) is 15.1. The van der Waals surface area contributed by atoms with Crippen molar-refractivity contribution in [2.45, 2.75) is 0 Å². The predicted molar refractivity (Wildman–Crippen MR) is 99.1 cm³/mol. The maximum atomic E-state index is 12.9. The molecule has 1 heterocycles. The molecule has 0 aliphatic carbocycles. The van der Waals surface area contributed by atoms with Gasteiger partial charge in [-0.15, -0.1) is 0 Å². The smallest absolute Gasteiger partial charge is 0.211 e. The number of pyridine rings is 1. The second kappa shape index (κ2) is 5.90. The van der Waals surface area contributed by atoms with Crippen LogP contribution in [0.2, 0.25) is 10.0 Å². The minimum absolute atomic E-state index is 0.111. The van der Waals surface area contributed by atoms with Crippen LogP contribution in [0.3, 0.4) is 0 Å². The first-order valence-corrected chi connectivity index (χ1v) is 8.16. The Morgan fingerprint density at radius 1 is 0.792 bits per heavy atom. The highest BCUT2D eigenvalue weighted by Crippen LogP contribution is 2.33. The van der Waals surface area contributed by atoms with E-state index < -0.39 is 0 Å². The Hall–Kier alpha value is -2.42. The number of halogens is 2. The first-order valence-electron chi connectivity index (χ1n) is 7.41. The molecule has 0 aliphatic rings. The van der Waals surface area contributed by atoms with E-state index in [0.717, 1.165) is 21.5 Å². The van der Waals surface area contributed by atoms with Crippen molar-refractivity contribution in [3.05, 3.63) is 88.2 Å². The van der Waals surface area contributed by atoms with Gasteiger partial charge in [0.2, 0.25) is 5.78 Å². The van der Waals surface area contributed by atoms with Crippen LogP contribution in [0.1, 0.15) is 16.1 Å². The molecule has 0 aliphatic heterocycles. The lowest BCUT2D eigenvalue weighted by Crippen LogP contribution is -2.04. The Labute approximate surface area is 148 Å². The quantitative estimate of drug-likeness (QED) is 0.331. The van der Waals surface area contributed by atoms with Gasteiger partial charge >= 0.3 is 0 Å². The number of aromatic nitrogens is 1. The molecule has 0 N–H and O–H groups in total. The van der Waals surface area contributed by atoms with Crippen molar-refractivity contribution >= 4 is 50.5 Å². The molecule has 0 fully saturated rings. The molecular formula is C20H11Cl2NO. The fraction of sp³-hybridized carbons (Fsp3) is 0. The molecule has 0 bridgehead atoms. The largest absolute Gasteiger partial charge is 0.287 e. The van der Waals surface area contributed by atoms with E-state index in [9.17, 15) is 4.79 Å². The monoisotopic (exact) mass is 351 g/mol. The van der Waals surface area contributed by atoms with Crippen molar-refractivity contribution in [3.63, 3.8) is 0 Å². The standard InChI is InChI=1S/C20H11Cl2NO/c21-13-5-4-12-9-18(20(24)19-3-1-2-8-23-19)15-7-6-14(22)11-17(15)16(12)10-13/h1-11H. The van der Waals surface area contributed by atoms with Crippen molar-refractivity contribution in [1.82, 2.24) is 4.98 Å². The Morgan fingerprint density at radius 2 is 1.54 bits per heavy atom. The van der Waals surface area contributed by atoms with Gasteiger partial charge in [0.25, 0.3) is 0 Å². The van der Waals surface area contributed by atoms with Gasteiger partial charge in [0.05, 0.1) is 0 Å². The molecule has 3 aromatic carbocycles. The van der Waals surface area contributed by atoms with Crippen LogP contribution < -0.4 is 0 Å². The highest BCUT2D eigenvalue weighted by Gasteiger charge is 2.16. The molecule has 0 amide bonds. The average Bonchev–Trinajstić information content (AvgIpc) is 2.61. The van der Waals surface area contributed by atoms with E-state index in [0.29, 0.717) is 21.3 Å². The highest BCUT2D eigenvalue weighted by atomic mass is 35.5. The molecule has 0 saturated heterocycles.